The Labute approximate surface area is 116 Å². The highest BCUT2D eigenvalue weighted by Crippen LogP contribution is 2.28. The average molecular weight is 285 g/mol. The van der Waals surface area contributed by atoms with Crippen LogP contribution in [-0.4, -0.2) is 42.3 Å². The van der Waals surface area contributed by atoms with E-state index in [1.54, 1.807) is 7.05 Å². The van der Waals surface area contributed by atoms with E-state index in [1.807, 2.05) is 11.8 Å². The number of carbonyl (C=O) groups is 1. The van der Waals surface area contributed by atoms with Crippen LogP contribution in [0.4, 0.5) is 8.78 Å². The van der Waals surface area contributed by atoms with Crippen molar-refractivity contribution in [2.75, 3.05) is 20.3 Å². The van der Waals surface area contributed by atoms with Crippen LogP contribution in [0.3, 0.4) is 0 Å². The van der Waals surface area contributed by atoms with E-state index in [1.165, 1.54) is 6.07 Å². The Hall–Kier alpha value is -1.53. The molecule has 6 heteroatoms. The van der Waals surface area contributed by atoms with Gasteiger partial charge in [-0.15, -0.1) is 0 Å². The van der Waals surface area contributed by atoms with Crippen LogP contribution in [0.25, 0.3) is 0 Å². The number of hydrogen-bond donors (Lipinski definition) is 1. The Bertz CT molecular complexity index is 509. The summed E-state index contributed by atoms with van der Waals surface area (Å²) in [6, 6.07) is 3.21. The Morgan fingerprint density at radius 1 is 1.40 bits per heavy atom. The first-order valence-electron chi connectivity index (χ1n) is 6.39. The maximum atomic E-state index is 13.3. The van der Waals surface area contributed by atoms with Crippen LogP contribution in [0.15, 0.2) is 18.2 Å². The number of hydrogen-bond acceptors (Lipinski definition) is 3. The van der Waals surface area contributed by atoms with Crippen molar-refractivity contribution in [1.29, 1.82) is 0 Å². The van der Waals surface area contributed by atoms with E-state index in [2.05, 4.69) is 0 Å². The zero-order valence-corrected chi connectivity index (χ0v) is 11.3. The Morgan fingerprint density at radius 2 is 2.10 bits per heavy atom. The molecule has 20 heavy (non-hydrogen) atoms. The molecule has 4 nitrogen and oxygen atoms in total. The van der Waals surface area contributed by atoms with E-state index in [0.29, 0.717) is 12.2 Å². The highest BCUT2D eigenvalue weighted by atomic mass is 19.2. The molecule has 0 spiro atoms. The summed E-state index contributed by atoms with van der Waals surface area (Å²) in [5, 5.41) is 9.15. The van der Waals surface area contributed by atoms with E-state index < -0.39 is 23.5 Å². The second kappa shape index (κ2) is 5.85. The van der Waals surface area contributed by atoms with Gasteiger partial charge in [-0.2, -0.15) is 0 Å². The normalized spacial score (nSPS) is 24.1. The monoisotopic (exact) mass is 285 g/mol. The van der Waals surface area contributed by atoms with Gasteiger partial charge in [-0.3, -0.25) is 9.69 Å². The molecule has 1 saturated heterocycles. The molecule has 2 rings (SSSR count). The van der Waals surface area contributed by atoms with E-state index in [9.17, 15) is 13.6 Å². The largest absolute Gasteiger partial charge is 0.481 e. The third kappa shape index (κ3) is 2.81. The summed E-state index contributed by atoms with van der Waals surface area (Å²) in [5.41, 5.74) is 0.599. The SMILES string of the molecule is CC(c1ccc(F)c(F)c1)N(C)C1COCC1C(=O)O. The highest BCUT2D eigenvalue weighted by Gasteiger charge is 2.38. The molecule has 1 heterocycles. The van der Waals surface area contributed by atoms with Crippen molar-refractivity contribution in [1.82, 2.24) is 4.90 Å². The fourth-order valence-electron chi connectivity index (χ4n) is 2.47. The minimum atomic E-state index is -0.906. The molecule has 0 radical (unpaired) electrons. The molecular weight excluding hydrogens is 268 g/mol. The molecule has 1 aliphatic heterocycles. The second-order valence-corrected chi connectivity index (χ2v) is 5.06. The maximum Gasteiger partial charge on any atom is 0.310 e. The number of carboxylic acids is 1. The Morgan fingerprint density at radius 3 is 2.70 bits per heavy atom. The van der Waals surface area contributed by atoms with Crippen LogP contribution >= 0.6 is 0 Å². The minimum absolute atomic E-state index is 0.175. The topological polar surface area (TPSA) is 49.8 Å². The number of nitrogens with zero attached hydrogens (tertiary/aromatic N) is 1. The number of aliphatic carboxylic acids is 1. The van der Waals surface area contributed by atoms with Gasteiger partial charge in [0.2, 0.25) is 0 Å². The summed E-state index contributed by atoms with van der Waals surface area (Å²) in [6.07, 6.45) is 0. The number of likely N-dealkylation sites (N-methyl/N-ethyl adjacent to an activating group) is 1. The predicted octanol–water partition coefficient (Wildman–Crippen LogP) is 2.06. The number of ether oxygens (including phenoxy) is 1. The molecular formula is C14H17F2NO3. The third-order valence-electron chi connectivity index (χ3n) is 3.93. The summed E-state index contributed by atoms with van der Waals surface area (Å²) in [4.78, 5) is 13.0. The van der Waals surface area contributed by atoms with Gasteiger partial charge in [0.15, 0.2) is 11.6 Å². The molecule has 3 atom stereocenters. The summed E-state index contributed by atoms with van der Waals surface area (Å²) in [6.45, 7) is 2.32. The van der Waals surface area contributed by atoms with E-state index in [0.717, 1.165) is 12.1 Å². The molecule has 1 aliphatic rings. The van der Waals surface area contributed by atoms with Crippen LogP contribution in [0.5, 0.6) is 0 Å². The number of benzene rings is 1. The predicted molar refractivity (Wildman–Crippen MR) is 68.3 cm³/mol. The van der Waals surface area contributed by atoms with Crippen molar-refractivity contribution < 1.29 is 23.4 Å². The van der Waals surface area contributed by atoms with Gasteiger partial charge in [-0.05, 0) is 31.7 Å². The quantitative estimate of drug-likeness (QED) is 0.920. The lowest BCUT2D eigenvalue weighted by Gasteiger charge is -2.32. The van der Waals surface area contributed by atoms with Gasteiger partial charge in [-0.25, -0.2) is 8.78 Å². The molecule has 0 bridgehead atoms. The summed E-state index contributed by atoms with van der Waals surface area (Å²) >= 11 is 0. The van der Waals surface area contributed by atoms with Gasteiger partial charge >= 0.3 is 5.97 Å². The lowest BCUT2D eigenvalue weighted by atomic mass is 9.99. The summed E-state index contributed by atoms with van der Waals surface area (Å²) < 4.78 is 31.4. The lowest BCUT2D eigenvalue weighted by molar-refractivity contribution is -0.143. The molecule has 1 aromatic rings. The van der Waals surface area contributed by atoms with Crippen molar-refractivity contribution in [3.05, 3.63) is 35.4 Å². The van der Waals surface area contributed by atoms with Crippen molar-refractivity contribution in [3.63, 3.8) is 0 Å². The van der Waals surface area contributed by atoms with Gasteiger partial charge in [-0.1, -0.05) is 6.07 Å². The molecule has 0 aromatic heterocycles. The second-order valence-electron chi connectivity index (χ2n) is 5.06. The highest BCUT2D eigenvalue weighted by molar-refractivity contribution is 5.71. The van der Waals surface area contributed by atoms with Crippen LogP contribution in [0, 0.1) is 17.6 Å². The number of rotatable bonds is 4. The van der Waals surface area contributed by atoms with E-state index >= 15 is 0 Å². The molecule has 3 unspecified atom stereocenters. The van der Waals surface area contributed by atoms with Gasteiger partial charge in [0.25, 0.3) is 0 Å². The van der Waals surface area contributed by atoms with Crippen molar-refractivity contribution >= 4 is 5.97 Å². The molecule has 1 fully saturated rings. The first kappa shape index (κ1) is 14.9. The van der Waals surface area contributed by atoms with E-state index in [4.69, 9.17) is 9.84 Å². The first-order valence-corrected chi connectivity index (χ1v) is 6.39. The lowest BCUT2D eigenvalue weighted by Crippen LogP contribution is -2.42. The zero-order chi connectivity index (χ0) is 14.9. The van der Waals surface area contributed by atoms with Crippen LogP contribution in [0.1, 0.15) is 18.5 Å². The van der Waals surface area contributed by atoms with Crippen LogP contribution < -0.4 is 0 Å². The van der Waals surface area contributed by atoms with Crippen molar-refractivity contribution in [2.45, 2.75) is 19.0 Å². The zero-order valence-electron chi connectivity index (χ0n) is 11.3. The molecule has 110 valence electrons. The Kier molecular flexibility index (Phi) is 4.35. The third-order valence-corrected chi connectivity index (χ3v) is 3.93. The van der Waals surface area contributed by atoms with E-state index in [-0.39, 0.29) is 18.7 Å². The molecule has 0 saturated carbocycles. The van der Waals surface area contributed by atoms with Crippen LogP contribution in [0.2, 0.25) is 0 Å². The standard InChI is InChI=1S/C14H17F2NO3/c1-8(9-3-4-11(15)12(16)5-9)17(2)13-7-20-6-10(13)14(18)19/h3-5,8,10,13H,6-7H2,1-2H3,(H,18,19). The number of carboxylic acid groups (broad SMARTS) is 1. The van der Waals surface area contributed by atoms with Crippen LogP contribution in [-0.2, 0) is 9.53 Å². The first-order chi connectivity index (χ1) is 9.41. The van der Waals surface area contributed by atoms with Gasteiger partial charge < -0.3 is 9.84 Å². The minimum Gasteiger partial charge on any atom is -0.481 e. The smallest absolute Gasteiger partial charge is 0.310 e. The molecule has 1 aromatic carbocycles. The van der Waals surface area contributed by atoms with Crippen molar-refractivity contribution in [3.8, 4) is 0 Å². The average Bonchev–Trinajstić information content (AvgIpc) is 2.89. The van der Waals surface area contributed by atoms with Gasteiger partial charge in [0.05, 0.1) is 19.1 Å². The summed E-state index contributed by atoms with van der Waals surface area (Å²) in [5.74, 6) is -3.30. The van der Waals surface area contributed by atoms with Gasteiger partial charge in [0.1, 0.15) is 0 Å². The van der Waals surface area contributed by atoms with Gasteiger partial charge in [0, 0.05) is 12.1 Å². The number of halogens is 2. The summed E-state index contributed by atoms with van der Waals surface area (Å²) in [7, 11) is 1.77. The fraction of sp³-hybridized carbons (Fsp3) is 0.500. The van der Waals surface area contributed by atoms with Crippen molar-refractivity contribution in [2.24, 2.45) is 5.92 Å². The molecule has 0 aliphatic carbocycles. The molecule has 0 amide bonds. The molecule has 1 N–H and O–H groups in total. The fourth-order valence-corrected chi connectivity index (χ4v) is 2.47. The Balaban J connectivity index is 2.17. The maximum absolute atomic E-state index is 13.3.